The van der Waals surface area contributed by atoms with E-state index < -0.39 is 10.8 Å². The Balaban J connectivity index is 0.000000135. The van der Waals surface area contributed by atoms with Gasteiger partial charge in [-0.05, 0) is 147 Å². The Morgan fingerprint density at radius 2 is 0.623 bits per heavy atom. The molecule has 0 aliphatic carbocycles. The normalized spacial score (nSPS) is 13.6. The summed E-state index contributed by atoms with van der Waals surface area (Å²) in [6.07, 6.45) is 0. The molecule has 9 heteroatoms. The lowest BCUT2D eigenvalue weighted by atomic mass is 9.62. The molecule has 16 aromatic carbocycles. The molecule has 534 valence electrons. The van der Waals surface area contributed by atoms with Gasteiger partial charge >= 0.3 is 0 Å². The second-order valence-electron chi connectivity index (χ2n) is 29.6. The number of aromatic nitrogens is 5. The average molecular weight is 1490 g/mol. The third-order valence-corrected chi connectivity index (χ3v) is 26.1. The zero-order chi connectivity index (χ0) is 75.0. The Bertz CT molecular complexity index is 7110. The van der Waals surface area contributed by atoms with Gasteiger partial charge in [-0.1, -0.05) is 339 Å². The predicted octanol–water partition coefficient (Wildman–Crippen LogP) is 27.2. The van der Waals surface area contributed by atoms with Crippen molar-refractivity contribution in [1.82, 2.24) is 24.1 Å². The van der Waals surface area contributed by atoms with E-state index in [0.29, 0.717) is 5.95 Å². The van der Waals surface area contributed by atoms with E-state index in [1.54, 1.807) is 0 Å². The van der Waals surface area contributed by atoms with Crippen molar-refractivity contribution >= 4 is 112 Å². The highest BCUT2D eigenvalue weighted by molar-refractivity contribution is 8.00. The first-order valence-electron chi connectivity index (χ1n) is 38.8. The number of fused-ring (bicyclic) bond motifs is 25. The Morgan fingerprint density at radius 1 is 0.246 bits per heavy atom. The molecule has 0 saturated heterocycles. The Kier molecular flexibility index (Phi) is 15.2. The highest BCUT2D eigenvalue weighted by atomic mass is 32.2. The van der Waals surface area contributed by atoms with E-state index in [9.17, 15) is 0 Å². The van der Waals surface area contributed by atoms with E-state index in [0.717, 1.165) is 78.3 Å². The summed E-state index contributed by atoms with van der Waals surface area (Å²) in [6, 6.07) is 147. The summed E-state index contributed by atoms with van der Waals surface area (Å²) in [5.74, 6) is 1.56. The summed E-state index contributed by atoms with van der Waals surface area (Å²) in [5, 5.41) is 5.82. The molecule has 0 amide bonds. The molecular formula is C105H67N7S2. The number of nitrogens with zero attached hydrogens (tertiary/aromatic N) is 7. The molecule has 114 heavy (non-hydrogen) atoms. The molecule has 4 aromatic heterocycles. The van der Waals surface area contributed by atoms with Gasteiger partial charge in [0, 0.05) is 69.0 Å². The third-order valence-electron chi connectivity index (χ3n) is 23.7. The van der Waals surface area contributed by atoms with E-state index in [1.807, 2.05) is 23.5 Å². The summed E-state index contributed by atoms with van der Waals surface area (Å²) < 4.78 is 4.77. The Labute approximate surface area is 668 Å². The summed E-state index contributed by atoms with van der Waals surface area (Å²) in [5.41, 5.74) is 27.7. The highest BCUT2D eigenvalue weighted by Gasteiger charge is 2.53. The molecule has 4 aliphatic heterocycles. The number of pyridine rings is 1. The van der Waals surface area contributed by atoms with Gasteiger partial charge in [-0.2, -0.15) is 0 Å². The molecule has 0 unspecified atom stereocenters. The first-order valence-corrected chi connectivity index (χ1v) is 40.5. The monoisotopic (exact) mass is 1490 g/mol. The molecule has 0 radical (unpaired) electrons. The zero-order valence-electron chi connectivity index (χ0n) is 61.6. The number of benzene rings is 16. The number of anilines is 6. The number of para-hydroxylation sites is 9. The number of hydrogen-bond acceptors (Lipinski definition) is 7. The van der Waals surface area contributed by atoms with Gasteiger partial charge in [-0.25, -0.2) is 15.0 Å². The van der Waals surface area contributed by atoms with E-state index in [4.69, 9.17) is 15.0 Å². The molecule has 7 nitrogen and oxygen atoms in total. The minimum atomic E-state index is -0.607. The van der Waals surface area contributed by atoms with Crippen LogP contribution in [-0.4, -0.2) is 24.1 Å². The predicted molar refractivity (Wildman–Crippen MR) is 470 cm³/mol. The van der Waals surface area contributed by atoms with Crippen LogP contribution in [0.3, 0.4) is 0 Å². The Hall–Kier alpha value is -14.1. The summed E-state index contributed by atoms with van der Waals surface area (Å²) in [4.78, 5) is 26.2. The maximum atomic E-state index is 5.53. The minimum absolute atomic E-state index is 0.598. The maximum Gasteiger partial charge on any atom is 0.235 e. The molecule has 0 fully saturated rings. The molecule has 8 heterocycles. The standard InChI is InChI=1S/C54H35N3S.C51H32N4S/c1-4-18-36(19-5-1)38-34-46(37-20-6-2-7-21-37)55-51(35-38)57-47-28-14-10-24-40(47)41-32-33-45-53(52(41)57)58-50-31-17-13-27-44(50)54(45)42-25-11-15-29-48(42)56(39-22-8-3-9-23-39)49-30-16-12-26-43(49)54;1-3-17-33(18-4-1)47-37-22-7-12-26-42(37)52-50(53-47)55-43-27-13-8-21-35(43)36-31-32-41-49(48(36)55)56-46-30-16-11-25-40(46)51(41)38-23-9-14-28-44(38)54(34-19-5-2-6-20-34)45-29-15-10-24-39(45)51/h1-35H;1-32H. The molecule has 20 aromatic rings. The van der Waals surface area contributed by atoms with Gasteiger partial charge in [-0.3, -0.25) is 9.13 Å². The van der Waals surface area contributed by atoms with Crippen LogP contribution >= 0.6 is 23.5 Å². The molecule has 24 rings (SSSR count). The van der Waals surface area contributed by atoms with Crippen molar-refractivity contribution in [2.24, 2.45) is 0 Å². The lowest BCUT2D eigenvalue weighted by molar-refractivity contribution is 0.693. The van der Waals surface area contributed by atoms with Crippen molar-refractivity contribution in [2.45, 2.75) is 30.4 Å². The van der Waals surface area contributed by atoms with Crippen LogP contribution in [0.25, 0.3) is 99.9 Å². The molecule has 0 N–H and O–H groups in total. The first-order chi connectivity index (χ1) is 56.6. The SMILES string of the molecule is c1ccc(-c2cc(-c3ccccc3)nc(-n3c4ccccc4c4ccc5c(c43)Sc3ccccc3C53c4ccccc4N(c4ccccc4)c4ccccc43)c2)cc1.c1ccc(-c2nc(-n3c4ccccc4c4ccc5c(c43)Sc3ccccc3C53c4ccccc4N(c4ccccc4)c4ccccc43)nc3ccccc23)cc1. The number of rotatable bonds is 7. The average Bonchev–Trinajstić information content (AvgIpc) is 1.13. The van der Waals surface area contributed by atoms with Crippen molar-refractivity contribution < 1.29 is 0 Å². The van der Waals surface area contributed by atoms with Crippen LogP contribution in [0.5, 0.6) is 0 Å². The van der Waals surface area contributed by atoms with E-state index >= 15 is 0 Å². The molecular weight excluding hydrogens is 1420 g/mol. The van der Waals surface area contributed by atoms with E-state index in [2.05, 4.69) is 425 Å². The lowest BCUT2D eigenvalue weighted by Crippen LogP contribution is -2.39. The van der Waals surface area contributed by atoms with Gasteiger partial charge in [0.05, 0.1) is 72.6 Å². The molecule has 0 bridgehead atoms. The smallest absolute Gasteiger partial charge is 0.235 e. The van der Waals surface area contributed by atoms with Crippen molar-refractivity contribution in [1.29, 1.82) is 0 Å². The van der Waals surface area contributed by atoms with E-state index in [-0.39, 0.29) is 0 Å². The van der Waals surface area contributed by atoms with Crippen LogP contribution in [0.15, 0.2) is 426 Å². The largest absolute Gasteiger partial charge is 0.310 e. The minimum Gasteiger partial charge on any atom is -0.310 e. The summed E-state index contributed by atoms with van der Waals surface area (Å²) >= 11 is 3.75. The fourth-order valence-electron chi connectivity index (χ4n) is 19.1. The van der Waals surface area contributed by atoms with Crippen molar-refractivity contribution in [2.75, 3.05) is 9.80 Å². The zero-order valence-corrected chi connectivity index (χ0v) is 63.3. The second-order valence-corrected chi connectivity index (χ2v) is 31.7. The summed E-state index contributed by atoms with van der Waals surface area (Å²) in [6.45, 7) is 0. The van der Waals surface area contributed by atoms with Crippen LogP contribution in [-0.2, 0) is 10.8 Å². The lowest BCUT2D eigenvalue weighted by Gasteiger charge is -2.49. The fourth-order valence-corrected chi connectivity index (χ4v) is 21.7. The van der Waals surface area contributed by atoms with Crippen molar-refractivity contribution in [3.8, 4) is 45.4 Å². The van der Waals surface area contributed by atoms with Gasteiger partial charge in [0.15, 0.2) is 0 Å². The second kappa shape index (κ2) is 26.3. The van der Waals surface area contributed by atoms with Crippen molar-refractivity contribution in [3.05, 3.63) is 451 Å². The van der Waals surface area contributed by atoms with Crippen LogP contribution in [0.2, 0.25) is 0 Å². The third kappa shape index (κ3) is 9.76. The van der Waals surface area contributed by atoms with Crippen LogP contribution in [0.1, 0.15) is 44.5 Å². The van der Waals surface area contributed by atoms with Crippen molar-refractivity contribution in [3.63, 3.8) is 0 Å². The number of hydrogen-bond donors (Lipinski definition) is 0. The molecule has 0 atom stereocenters. The molecule has 2 spiro atoms. The first kappa shape index (κ1) is 65.8. The van der Waals surface area contributed by atoms with E-state index in [1.165, 1.54) is 114 Å². The van der Waals surface area contributed by atoms with Gasteiger partial charge in [0.1, 0.15) is 5.82 Å². The molecule has 4 aliphatic rings. The van der Waals surface area contributed by atoms with Crippen LogP contribution in [0.4, 0.5) is 34.1 Å². The summed E-state index contributed by atoms with van der Waals surface area (Å²) in [7, 11) is 0. The highest BCUT2D eigenvalue weighted by Crippen LogP contribution is 2.66. The van der Waals surface area contributed by atoms with Gasteiger partial charge in [0.2, 0.25) is 5.95 Å². The quantitative estimate of drug-likeness (QED) is 0.158. The van der Waals surface area contributed by atoms with Crippen LogP contribution < -0.4 is 9.80 Å². The molecule has 0 saturated carbocycles. The van der Waals surface area contributed by atoms with Gasteiger partial charge in [0.25, 0.3) is 0 Å². The van der Waals surface area contributed by atoms with Gasteiger partial charge in [-0.15, -0.1) is 0 Å². The Morgan fingerprint density at radius 3 is 1.11 bits per heavy atom. The topological polar surface area (TPSA) is 55.0 Å². The van der Waals surface area contributed by atoms with Crippen LogP contribution in [0, 0.1) is 0 Å². The maximum absolute atomic E-state index is 5.53. The van der Waals surface area contributed by atoms with Gasteiger partial charge < -0.3 is 9.80 Å². The fraction of sp³-hybridized carbons (Fsp3) is 0.0190.